The van der Waals surface area contributed by atoms with Crippen LogP contribution in [-0.4, -0.2) is 51.9 Å². The summed E-state index contributed by atoms with van der Waals surface area (Å²) in [5.41, 5.74) is 1.56. The van der Waals surface area contributed by atoms with E-state index in [-0.39, 0.29) is 25.0 Å². The molecule has 2 saturated heterocycles. The summed E-state index contributed by atoms with van der Waals surface area (Å²) in [5, 5.41) is 2.92. The molecule has 0 radical (unpaired) electrons. The third kappa shape index (κ3) is 5.38. The Balaban J connectivity index is 1.32. The van der Waals surface area contributed by atoms with Crippen LogP contribution in [-0.2, 0) is 19.1 Å². The van der Waals surface area contributed by atoms with Gasteiger partial charge in [-0.2, -0.15) is 0 Å². The van der Waals surface area contributed by atoms with Crippen molar-refractivity contribution in [3.63, 3.8) is 0 Å². The van der Waals surface area contributed by atoms with Gasteiger partial charge in [0.2, 0.25) is 0 Å². The highest BCUT2D eigenvalue weighted by atomic mass is 16.5. The van der Waals surface area contributed by atoms with Gasteiger partial charge in [0.15, 0.2) is 12.8 Å². The molecule has 8 nitrogen and oxygen atoms in total. The van der Waals surface area contributed by atoms with Crippen molar-refractivity contribution in [3.05, 3.63) is 54.1 Å². The molecule has 0 aromatic heterocycles. The molecule has 2 aromatic rings. The third-order valence-electron chi connectivity index (χ3n) is 5.68. The summed E-state index contributed by atoms with van der Waals surface area (Å²) in [6, 6.07) is 14.5. The number of carbonyl (C=O) groups is 2. The van der Waals surface area contributed by atoms with Gasteiger partial charge < -0.3 is 24.3 Å². The van der Waals surface area contributed by atoms with E-state index < -0.39 is 6.23 Å². The molecule has 2 aliphatic rings. The van der Waals surface area contributed by atoms with Gasteiger partial charge in [-0.05, 0) is 55.2 Å². The lowest BCUT2D eigenvalue weighted by Gasteiger charge is -2.24. The minimum absolute atomic E-state index is 0.0161. The predicted octanol–water partition coefficient (Wildman–Crippen LogP) is 2.68. The second-order valence-corrected chi connectivity index (χ2v) is 7.84. The van der Waals surface area contributed by atoms with E-state index in [1.54, 1.807) is 24.1 Å². The van der Waals surface area contributed by atoms with Crippen LogP contribution >= 0.6 is 0 Å². The maximum atomic E-state index is 12.4. The van der Waals surface area contributed by atoms with E-state index in [2.05, 4.69) is 5.32 Å². The first-order chi connectivity index (χ1) is 15.6. The van der Waals surface area contributed by atoms with Crippen molar-refractivity contribution >= 4 is 17.5 Å². The van der Waals surface area contributed by atoms with E-state index in [9.17, 15) is 9.59 Å². The predicted molar refractivity (Wildman–Crippen MR) is 118 cm³/mol. The van der Waals surface area contributed by atoms with Crippen LogP contribution in [0.1, 0.15) is 24.6 Å². The number of methoxy groups -OCH3 is 1. The van der Waals surface area contributed by atoms with Crippen molar-refractivity contribution in [2.24, 2.45) is 5.92 Å². The average molecular weight is 440 g/mol. The zero-order chi connectivity index (χ0) is 22.3. The summed E-state index contributed by atoms with van der Waals surface area (Å²) in [7, 11) is 1.60. The molecule has 4 rings (SSSR count). The minimum atomic E-state index is -0.521. The lowest BCUT2D eigenvalue weighted by molar-refractivity contribution is -0.123. The van der Waals surface area contributed by atoms with Crippen LogP contribution in [0.4, 0.5) is 5.69 Å². The number of nitrogens with one attached hydrogen (secondary N) is 1. The van der Waals surface area contributed by atoms with Crippen LogP contribution in [0.25, 0.3) is 0 Å². The maximum absolute atomic E-state index is 12.4. The van der Waals surface area contributed by atoms with Crippen molar-refractivity contribution in [2.45, 2.75) is 19.1 Å². The van der Waals surface area contributed by atoms with Gasteiger partial charge in [0, 0.05) is 31.0 Å². The van der Waals surface area contributed by atoms with E-state index >= 15 is 0 Å². The summed E-state index contributed by atoms with van der Waals surface area (Å²) >= 11 is 0. The molecule has 1 N–H and O–H groups in total. The Morgan fingerprint density at radius 2 is 1.75 bits per heavy atom. The smallest absolute Gasteiger partial charge is 0.257 e. The number of benzene rings is 2. The van der Waals surface area contributed by atoms with E-state index in [0.29, 0.717) is 18.2 Å². The van der Waals surface area contributed by atoms with Crippen molar-refractivity contribution < 1.29 is 28.5 Å². The fourth-order valence-corrected chi connectivity index (χ4v) is 3.83. The van der Waals surface area contributed by atoms with Gasteiger partial charge >= 0.3 is 0 Å². The lowest BCUT2D eigenvalue weighted by Crippen LogP contribution is -2.35. The number of carbonyl (C=O) groups excluding carboxylic acids is 2. The molecule has 0 bridgehead atoms. The Bertz CT molecular complexity index is 909. The van der Waals surface area contributed by atoms with E-state index in [1.165, 1.54) is 0 Å². The summed E-state index contributed by atoms with van der Waals surface area (Å²) in [4.78, 5) is 26.1. The zero-order valence-corrected chi connectivity index (χ0v) is 18.1. The van der Waals surface area contributed by atoms with Gasteiger partial charge in [-0.1, -0.05) is 12.1 Å². The molecule has 2 aromatic carbocycles. The van der Waals surface area contributed by atoms with Crippen LogP contribution in [0.5, 0.6) is 11.5 Å². The van der Waals surface area contributed by atoms with Crippen LogP contribution in [0, 0.1) is 5.92 Å². The first-order valence-corrected chi connectivity index (χ1v) is 10.8. The monoisotopic (exact) mass is 440 g/mol. The maximum Gasteiger partial charge on any atom is 0.257 e. The molecule has 2 aliphatic heterocycles. The second-order valence-electron chi connectivity index (χ2n) is 7.84. The molecule has 0 spiro atoms. The van der Waals surface area contributed by atoms with Gasteiger partial charge in [-0.15, -0.1) is 0 Å². The van der Waals surface area contributed by atoms with Gasteiger partial charge in [-0.3, -0.25) is 14.5 Å². The number of hydrogen-bond acceptors (Lipinski definition) is 6. The number of amides is 2. The summed E-state index contributed by atoms with van der Waals surface area (Å²) < 4.78 is 21.9. The molecule has 2 fully saturated rings. The topological polar surface area (TPSA) is 86.3 Å². The summed E-state index contributed by atoms with van der Waals surface area (Å²) in [6.45, 7) is 2.14. The highest BCUT2D eigenvalue weighted by Crippen LogP contribution is 2.34. The lowest BCUT2D eigenvalue weighted by atomic mass is 10.0. The molecule has 170 valence electrons. The van der Waals surface area contributed by atoms with Crippen LogP contribution < -0.4 is 19.7 Å². The number of hydrogen-bond donors (Lipinski definition) is 1. The Morgan fingerprint density at radius 1 is 1.06 bits per heavy atom. The quantitative estimate of drug-likeness (QED) is 0.679. The highest BCUT2D eigenvalue weighted by Gasteiger charge is 2.34. The van der Waals surface area contributed by atoms with Crippen LogP contribution in [0.15, 0.2) is 48.5 Å². The molecular weight excluding hydrogens is 412 g/mol. The third-order valence-corrected chi connectivity index (χ3v) is 5.68. The van der Waals surface area contributed by atoms with E-state index in [1.807, 2.05) is 36.4 Å². The molecule has 0 aliphatic carbocycles. The summed E-state index contributed by atoms with van der Waals surface area (Å²) in [5.74, 6) is 1.51. The number of anilines is 1. The van der Waals surface area contributed by atoms with E-state index in [4.69, 9.17) is 18.9 Å². The number of rotatable bonds is 8. The molecule has 1 atom stereocenters. The van der Waals surface area contributed by atoms with Crippen molar-refractivity contribution in [1.82, 2.24) is 5.32 Å². The second kappa shape index (κ2) is 10.5. The first-order valence-electron chi connectivity index (χ1n) is 10.8. The van der Waals surface area contributed by atoms with Gasteiger partial charge in [-0.25, -0.2) is 0 Å². The molecule has 1 unspecified atom stereocenters. The Morgan fingerprint density at radius 3 is 2.44 bits per heavy atom. The standard InChI is InChI=1S/C24H28N2O6/c1-29-20-8-4-19(5-9-20)26-23(28)16-32-24(26)18-2-6-21(7-3-18)31-15-22(27)25-14-17-10-12-30-13-11-17/h2-9,17,24H,10-16H2,1H3,(H,25,27). The fourth-order valence-electron chi connectivity index (χ4n) is 3.83. The Kier molecular flexibility index (Phi) is 7.24. The molecule has 2 heterocycles. The van der Waals surface area contributed by atoms with Crippen molar-refractivity contribution in [1.29, 1.82) is 0 Å². The Labute approximate surface area is 187 Å². The average Bonchev–Trinajstić information content (AvgIpc) is 3.23. The molecule has 0 saturated carbocycles. The van der Waals surface area contributed by atoms with Crippen molar-refractivity contribution in [2.75, 3.05) is 45.0 Å². The van der Waals surface area contributed by atoms with E-state index in [0.717, 1.165) is 43.1 Å². The molecular formula is C24H28N2O6. The molecule has 8 heteroatoms. The number of nitrogens with zero attached hydrogens (tertiary/aromatic N) is 1. The largest absolute Gasteiger partial charge is 0.497 e. The van der Waals surface area contributed by atoms with Crippen molar-refractivity contribution in [3.8, 4) is 11.5 Å². The summed E-state index contributed by atoms with van der Waals surface area (Å²) in [6.07, 6.45) is 1.43. The zero-order valence-electron chi connectivity index (χ0n) is 18.1. The van der Waals surface area contributed by atoms with Gasteiger partial charge in [0.1, 0.15) is 18.1 Å². The number of ether oxygens (including phenoxy) is 4. The minimum Gasteiger partial charge on any atom is -0.497 e. The SMILES string of the molecule is COc1ccc(N2C(=O)COC2c2ccc(OCC(=O)NCC3CCOCC3)cc2)cc1. The first kappa shape index (κ1) is 22.1. The van der Waals surface area contributed by atoms with Crippen LogP contribution in [0.3, 0.4) is 0 Å². The molecule has 32 heavy (non-hydrogen) atoms. The Hall–Kier alpha value is -3.10. The van der Waals surface area contributed by atoms with Gasteiger partial charge in [0.25, 0.3) is 11.8 Å². The molecule has 2 amide bonds. The van der Waals surface area contributed by atoms with Crippen LogP contribution in [0.2, 0.25) is 0 Å². The van der Waals surface area contributed by atoms with Gasteiger partial charge in [0.05, 0.1) is 7.11 Å². The highest BCUT2D eigenvalue weighted by molar-refractivity contribution is 5.96. The normalized spacial score (nSPS) is 19.1. The fraction of sp³-hybridized carbons (Fsp3) is 0.417.